The van der Waals surface area contributed by atoms with E-state index >= 15 is 0 Å². The first kappa shape index (κ1) is 19.2. The van der Waals surface area contributed by atoms with E-state index in [9.17, 15) is 9.90 Å². The molecule has 0 saturated carbocycles. The first-order valence-electron chi connectivity index (χ1n) is 10.3. The number of aliphatic hydroxyl groups is 1. The number of furan rings is 1. The molecule has 0 aliphatic carbocycles. The molecule has 2 saturated heterocycles. The summed E-state index contributed by atoms with van der Waals surface area (Å²) in [5.74, 6) is 1.83. The van der Waals surface area contributed by atoms with E-state index in [1.807, 2.05) is 19.1 Å². The number of β-amino-alcohol motifs (C(OH)–C–C–N with tert-alkyl or cyclic N) is 1. The van der Waals surface area contributed by atoms with Gasteiger partial charge >= 0.3 is 0 Å². The van der Waals surface area contributed by atoms with Gasteiger partial charge in [-0.15, -0.1) is 0 Å². The number of nitrogens with zero attached hydrogens (tertiary/aromatic N) is 3. The van der Waals surface area contributed by atoms with Crippen LogP contribution in [0.3, 0.4) is 0 Å². The van der Waals surface area contributed by atoms with Crippen LogP contribution in [0.15, 0.2) is 21.1 Å². The highest BCUT2D eigenvalue weighted by molar-refractivity contribution is 5.92. The third kappa shape index (κ3) is 4.00. The maximum absolute atomic E-state index is 13.0. The third-order valence-corrected chi connectivity index (χ3v) is 5.86. The van der Waals surface area contributed by atoms with Crippen molar-refractivity contribution in [1.82, 2.24) is 15.0 Å². The van der Waals surface area contributed by atoms with E-state index in [0.717, 1.165) is 48.8 Å². The van der Waals surface area contributed by atoms with Crippen LogP contribution in [0.25, 0.3) is 0 Å². The predicted octanol–water partition coefficient (Wildman–Crippen LogP) is 2.41. The van der Waals surface area contributed by atoms with Gasteiger partial charge in [-0.25, -0.2) is 0 Å². The van der Waals surface area contributed by atoms with E-state index in [2.05, 4.69) is 17.0 Å². The molecule has 0 aromatic carbocycles. The summed E-state index contributed by atoms with van der Waals surface area (Å²) in [7, 11) is 0. The first-order valence-corrected chi connectivity index (χ1v) is 10.3. The lowest BCUT2D eigenvalue weighted by atomic mass is 10.0. The molecule has 2 fully saturated rings. The Kier molecular flexibility index (Phi) is 5.55. The maximum Gasteiger partial charge on any atom is 0.289 e. The lowest BCUT2D eigenvalue weighted by Crippen LogP contribution is -2.29. The topological polar surface area (TPSA) is 83.0 Å². The Morgan fingerprint density at radius 3 is 2.75 bits per heavy atom. The van der Waals surface area contributed by atoms with Crippen LogP contribution >= 0.6 is 0 Å². The minimum atomic E-state index is -0.570. The lowest BCUT2D eigenvalue weighted by molar-refractivity contribution is 0.0732. The fourth-order valence-electron chi connectivity index (χ4n) is 4.33. The van der Waals surface area contributed by atoms with Gasteiger partial charge in [0.15, 0.2) is 5.76 Å². The zero-order chi connectivity index (χ0) is 19.7. The zero-order valence-corrected chi connectivity index (χ0v) is 16.7. The number of hydrogen-bond acceptors (Lipinski definition) is 6. The SMILES string of the molecule is CCc1oc(C(=O)N2C[C@@H](Cc3cc(C)no3)[C@@H](O)C2)cc1CN1CCCC1. The van der Waals surface area contributed by atoms with Gasteiger partial charge in [-0.3, -0.25) is 9.69 Å². The molecule has 28 heavy (non-hydrogen) atoms. The van der Waals surface area contributed by atoms with Crippen molar-refractivity contribution in [3.8, 4) is 0 Å². The Bertz CT molecular complexity index is 821. The number of aromatic nitrogens is 1. The number of aryl methyl sites for hydroxylation is 2. The van der Waals surface area contributed by atoms with Crippen molar-refractivity contribution < 1.29 is 18.8 Å². The highest BCUT2D eigenvalue weighted by atomic mass is 16.5. The summed E-state index contributed by atoms with van der Waals surface area (Å²) in [5.41, 5.74) is 1.94. The number of aliphatic hydroxyl groups excluding tert-OH is 1. The number of likely N-dealkylation sites (tertiary alicyclic amines) is 2. The number of amides is 1. The van der Waals surface area contributed by atoms with Crippen LogP contribution in [-0.2, 0) is 19.4 Å². The van der Waals surface area contributed by atoms with Crippen LogP contribution in [0.5, 0.6) is 0 Å². The van der Waals surface area contributed by atoms with Crippen molar-refractivity contribution in [3.63, 3.8) is 0 Å². The quantitative estimate of drug-likeness (QED) is 0.820. The van der Waals surface area contributed by atoms with Gasteiger partial charge in [0.1, 0.15) is 11.5 Å². The monoisotopic (exact) mass is 387 g/mol. The first-order chi connectivity index (χ1) is 13.5. The third-order valence-electron chi connectivity index (χ3n) is 5.86. The Morgan fingerprint density at radius 1 is 1.29 bits per heavy atom. The van der Waals surface area contributed by atoms with Gasteiger partial charge in [0.25, 0.3) is 5.91 Å². The standard InChI is InChI=1S/C21H29N3O4/c1-3-19-16(11-23-6-4-5-7-23)10-20(27-19)21(26)24-12-15(18(25)13-24)9-17-8-14(2)22-28-17/h8,10,15,18,25H,3-7,9,11-13H2,1-2H3/t15-,18+/m1/s1. The second kappa shape index (κ2) is 8.09. The molecule has 2 aromatic heterocycles. The van der Waals surface area contributed by atoms with Crippen molar-refractivity contribution in [2.45, 2.75) is 52.2 Å². The molecule has 0 radical (unpaired) electrons. The van der Waals surface area contributed by atoms with Crippen LogP contribution in [0, 0.1) is 12.8 Å². The highest BCUT2D eigenvalue weighted by Crippen LogP contribution is 2.26. The summed E-state index contributed by atoms with van der Waals surface area (Å²) in [6.07, 6.45) is 3.25. The second-order valence-corrected chi connectivity index (χ2v) is 8.07. The normalized spacial score (nSPS) is 23.0. The molecule has 4 rings (SSSR count). The van der Waals surface area contributed by atoms with Crippen molar-refractivity contribution in [2.24, 2.45) is 5.92 Å². The van der Waals surface area contributed by atoms with Crippen LogP contribution in [0.2, 0.25) is 0 Å². The summed E-state index contributed by atoms with van der Waals surface area (Å²) in [6.45, 7) is 7.79. The van der Waals surface area contributed by atoms with Crippen LogP contribution in [0.1, 0.15) is 53.1 Å². The number of carbonyl (C=O) groups excluding carboxylic acids is 1. The average molecular weight is 387 g/mol. The van der Waals surface area contributed by atoms with Crippen molar-refractivity contribution in [2.75, 3.05) is 26.2 Å². The van der Waals surface area contributed by atoms with Gasteiger partial charge in [-0.2, -0.15) is 0 Å². The van der Waals surface area contributed by atoms with Gasteiger partial charge in [0, 0.05) is 50.0 Å². The molecule has 1 amide bonds. The van der Waals surface area contributed by atoms with Gasteiger partial charge in [-0.1, -0.05) is 12.1 Å². The lowest BCUT2D eigenvalue weighted by Gasteiger charge is -2.14. The summed E-state index contributed by atoms with van der Waals surface area (Å²) < 4.78 is 11.2. The largest absolute Gasteiger partial charge is 0.456 e. The molecule has 1 N–H and O–H groups in total. The van der Waals surface area contributed by atoms with Crippen LogP contribution < -0.4 is 0 Å². The summed E-state index contributed by atoms with van der Waals surface area (Å²) >= 11 is 0. The molecule has 0 unspecified atom stereocenters. The van der Waals surface area contributed by atoms with Gasteiger partial charge in [0.05, 0.1) is 11.8 Å². The molecule has 0 bridgehead atoms. The molecule has 7 nitrogen and oxygen atoms in total. The van der Waals surface area contributed by atoms with Gasteiger partial charge < -0.3 is 18.9 Å². The fraction of sp³-hybridized carbons (Fsp3) is 0.619. The molecule has 152 valence electrons. The Balaban J connectivity index is 1.43. The average Bonchev–Trinajstić information content (AvgIpc) is 3.45. The number of rotatable bonds is 6. The number of carbonyl (C=O) groups is 1. The molecule has 4 heterocycles. The predicted molar refractivity (Wildman–Crippen MR) is 103 cm³/mol. The van der Waals surface area contributed by atoms with Crippen molar-refractivity contribution >= 4 is 5.91 Å². The summed E-state index contributed by atoms with van der Waals surface area (Å²) in [6, 6.07) is 3.78. The van der Waals surface area contributed by atoms with E-state index in [0.29, 0.717) is 25.3 Å². The van der Waals surface area contributed by atoms with E-state index in [-0.39, 0.29) is 11.8 Å². The van der Waals surface area contributed by atoms with Crippen LogP contribution in [-0.4, -0.2) is 58.3 Å². The molecule has 2 aromatic rings. The van der Waals surface area contributed by atoms with E-state index < -0.39 is 6.10 Å². The van der Waals surface area contributed by atoms with E-state index in [1.54, 1.807) is 4.90 Å². The Labute approximate surface area is 165 Å². The molecule has 2 aliphatic heterocycles. The Hall–Kier alpha value is -2.12. The zero-order valence-electron chi connectivity index (χ0n) is 16.7. The minimum Gasteiger partial charge on any atom is -0.456 e. The molecule has 7 heteroatoms. The van der Waals surface area contributed by atoms with Crippen molar-refractivity contribution in [1.29, 1.82) is 0 Å². The van der Waals surface area contributed by atoms with Crippen LogP contribution in [0.4, 0.5) is 0 Å². The smallest absolute Gasteiger partial charge is 0.289 e. The molecule has 2 aliphatic rings. The van der Waals surface area contributed by atoms with Crippen molar-refractivity contribution in [3.05, 3.63) is 40.7 Å². The second-order valence-electron chi connectivity index (χ2n) is 8.07. The van der Waals surface area contributed by atoms with E-state index in [1.165, 1.54) is 12.8 Å². The fourth-order valence-corrected chi connectivity index (χ4v) is 4.33. The maximum atomic E-state index is 13.0. The van der Waals surface area contributed by atoms with Gasteiger partial charge in [-0.05, 0) is 38.9 Å². The summed E-state index contributed by atoms with van der Waals surface area (Å²) in [5, 5.41) is 14.3. The molecular weight excluding hydrogens is 358 g/mol. The van der Waals surface area contributed by atoms with E-state index in [4.69, 9.17) is 8.94 Å². The molecule has 0 spiro atoms. The molecule has 2 atom stereocenters. The highest BCUT2D eigenvalue weighted by Gasteiger charge is 2.36. The summed E-state index contributed by atoms with van der Waals surface area (Å²) in [4.78, 5) is 17.1. The minimum absolute atomic E-state index is 0.0546. The number of hydrogen-bond donors (Lipinski definition) is 1. The van der Waals surface area contributed by atoms with Gasteiger partial charge in [0.2, 0.25) is 0 Å². The Morgan fingerprint density at radius 2 is 2.07 bits per heavy atom. The molecular formula is C21H29N3O4.